The molecule has 0 saturated carbocycles. The molecule has 0 aliphatic heterocycles. The first-order valence-corrected chi connectivity index (χ1v) is 7.47. The van der Waals surface area contributed by atoms with Crippen molar-refractivity contribution in [3.05, 3.63) is 59.2 Å². The zero-order valence-corrected chi connectivity index (χ0v) is 13.9. The highest BCUT2D eigenvalue weighted by Crippen LogP contribution is 2.27. The summed E-state index contributed by atoms with van der Waals surface area (Å²) in [5.74, 6) is 0.506. The maximum atomic E-state index is 12.2. The van der Waals surface area contributed by atoms with Crippen molar-refractivity contribution in [1.29, 1.82) is 5.26 Å². The van der Waals surface area contributed by atoms with Gasteiger partial charge in [0.2, 0.25) is 0 Å². The molecular formula is C19H18N2O4. The van der Waals surface area contributed by atoms with Crippen molar-refractivity contribution in [2.75, 3.05) is 14.2 Å². The van der Waals surface area contributed by atoms with Gasteiger partial charge in [0.1, 0.15) is 17.4 Å². The summed E-state index contributed by atoms with van der Waals surface area (Å²) in [6, 6.07) is 13.7. The van der Waals surface area contributed by atoms with Gasteiger partial charge in [-0.25, -0.2) is 0 Å². The number of hydrogen-bond acceptors (Lipinski definition) is 5. The standard InChI is InChI=1S/C19H18N2O4/c1-24-16-6-3-13(4-7-16)12-21-19(23)15(11-20)9-14-5-8-17(22)18(10-14)25-2/h3-10,22H,12H2,1-2H3,(H,21,23)/b15-9-. The average Bonchev–Trinajstić information content (AvgIpc) is 2.65. The predicted molar refractivity (Wildman–Crippen MR) is 93.1 cm³/mol. The highest BCUT2D eigenvalue weighted by atomic mass is 16.5. The number of hydrogen-bond donors (Lipinski definition) is 2. The van der Waals surface area contributed by atoms with E-state index in [9.17, 15) is 15.2 Å². The van der Waals surface area contributed by atoms with Crippen molar-refractivity contribution in [3.8, 4) is 23.3 Å². The molecule has 6 heteroatoms. The van der Waals surface area contributed by atoms with E-state index in [-0.39, 0.29) is 17.1 Å². The number of carbonyl (C=O) groups is 1. The molecule has 0 atom stereocenters. The van der Waals surface area contributed by atoms with E-state index >= 15 is 0 Å². The van der Waals surface area contributed by atoms with Gasteiger partial charge in [0, 0.05) is 6.54 Å². The fourth-order valence-electron chi connectivity index (χ4n) is 2.12. The number of amides is 1. The van der Waals surface area contributed by atoms with Gasteiger partial charge in [-0.05, 0) is 41.5 Å². The van der Waals surface area contributed by atoms with Crippen molar-refractivity contribution in [2.45, 2.75) is 6.54 Å². The number of rotatable bonds is 6. The van der Waals surface area contributed by atoms with E-state index in [1.54, 1.807) is 31.4 Å². The number of benzene rings is 2. The second-order valence-corrected chi connectivity index (χ2v) is 5.13. The number of nitrogens with zero attached hydrogens (tertiary/aromatic N) is 1. The van der Waals surface area contributed by atoms with E-state index in [1.165, 1.54) is 19.3 Å². The largest absolute Gasteiger partial charge is 0.504 e. The lowest BCUT2D eigenvalue weighted by Crippen LogP contribution is -2.23. The molecule has 1 amide bonds. The molecule has 0 saturated heterocycles. The van der Waals surface area contributed by atoms with Gasteiger partial charge in [-0.15, -0.1) is 0 Å². The number of ether oxygens (including phenoxy) is 2. The van der Waals surface area contributed by atoms with Crippen LogP contribution in [0.2, 0.25) is 0 Å². The van der Waals surface area contributed by atoms with E-state index in [2.05, 4.69) is 5.32 Å². The molecule has 0 radical (unpaired) electrons. The summed E-state index contributed by atoms with van der Waals surface area (Å²) >= 11 is 0. The van der Waals surface area contributed by atoms with Crippen LogP contribution in [0.25, 0.3) is 6.08 Å². The molecule has 25 heavy (non-hydrogen) atoms. The van der Waals surface area contributed by atoms with Crippen molar-refractivity contribution in [3.63, 3.8) is 0 Å². The first-order valence-electron chi connectivity index (χ1n) is 7.47. The Morgan fingerprint density at radius 2 is 1.92 bits per heavy atom. The molecule has 0 bridgehead atoms. The summed E-state index contributed by atoms with van der Waals surface area (Å²) in [4.78, 5) is 12.2. The van der Waals surface area contributed by atoms with E-state index in [0.717, 1.165) is 11.3 Å². The van der Waals surface area contributed by atoms with Crippen LogP contribution in [0.4, 0.5) is 0 Å². The Hall–Kier alpha value is -3.46. The molecule has 0 aromatic heterocycles. The molecule has 0 unspecified atom stereocenters. The monoisotopic (exact) mass is 338 g/mol. The summed E-state index contributed by atoms with van der Waals surface area (Å²) in [7, 11) is 3.01. The molecule has 0 spiro atoms. The molecular weight excluding hydrogens is 320 g/mol. The molecule has 2 aromatic carbocycles. The number of aromatic hydroxyl groups is 1. The Balaban J connectivity index is 2.08. The Labute approximate surface area is 145 Å². The Morgan fingerprint density at radius 1 is 1.20 bits per heavy atom. The second-order valence-electron chi connectivity index (χ2n) is 5.13. The van der Waals surface area contributed by atoms with Crippen molar-refractivity contribution < 1.29 is 19.4 Å². The van der Waals surface area contributed by atoms with Gasteiger partial charge in [0.25, 0.3) is 5.91 Å². The SMILES string of the molecule is COc1ccc(CNC(=O)/C(C#N)=C\c2ccc(O)c(OC)c2)cc1. The van der Waals surface area contributed by atoms with E-state index < -0.39 is 5.91 Å². The number of nitriles is 1. The average molecular weight is 338 g/mol. The number of phenols is 1. The summed E-state index contributed by atoms with van der Waals surface area (Å²) in [5, 5.41) is 21.5. The van der Waals surface area contributed by atoms with Crippen LogP contribution in [-0.2, 0) is 11.3 Å². The van der Waals surface area contributed by atoms with Crippen molar-refractivity contribution in [2.24, 2.45) is 0 Å². The minimum Gasteiger partial charge on any atom is -0.504 e. The first-order chi connectivity index (χ1) is 12.1. The summed E-state index contributed by atoms with van der Waals surface area (Å²) < 4.78 is 10.1. The fourth-order valence-corrected chi connectivity index (χ4v) is 2.12. The van der Waals surface area contributed by atoms with Crippen LogP contribution in [0, 0.1) is 11.3 Å². The lowest BCUT2D eigenvalue weighted by molar-refractivity contribution is -0.117. The van der Waals surface area contributed by atoms with Crippen LogP contribution in [0.1, 0.15) is 11.1 Å². The third kappa shape index (κ3) is 4.75. The van der Waals surface area contributed by atoms with Crippen molar-refractivity contribution in [1.82, 2.24) is 5.32 Å². The maximum Gasteiger partial charge on any atom is 0.262 e. The number of methoxy groups -OCH3 is 2. The minimum absolute atomic E-state index is 0.0119. The van der Waals surface area contributed by atoms with Crippen LogP contribution >= 0.6 is 0 Å². The third-order valence-electron chi connectivity index (χ3n) is 3.49. The van der Waals surface area contributed by atoms with Gasteiger partial charge in [0.15, 0.2) is 11.5 Å². The van der Waals surface area contributed by atoms with Gasteiger partial charge in [-0.1, -0.05) is 18.2 Å². The van der Waals surface area contributed by atoms with Crippen LogP contribution in [0.3, 0.4) is 0 Å². The van der Waals surface area contributed by atoms with Crippen LogP contribution in [0.15, 0.2) is 48.0 Å². The van der Waals surface area contributed by atoms with Gasteiger partial charge >= 0.3 is 0 Å². The van der Waals surface area contributed by atoms with Gasteiger partial charge < -0.3 is 19.9 Å². The second kappa shape index (κ2) is 8.41. The summed E-state index contributed by atoms with van der Waals surface area (Å²) in [6.45, 7) is 0.292. The summed E-state index contributed by atoms with van der Waals surface area (Å²) in [5.41, 5.74) is 1.42. The fraction of sp³-hybridized carbons (Fsp3) is 0.158. The third-order valence-corrected chi connectivity index (χ3v) is 3.49. The normalized spacial score (nSPS) is 10.7. The topological polar surface area (TPSA) is 91.6 Å². The predicted octanol–water partition coefficient (Wildman–Crippen LogP) is 2.63. The number of phenolic OH excluding ortho intramolecular Hbond substituents is 1. The van der Waals surface area contributed by atoms with Gasteiger partial charge in [-0.2, -0.15) is 5.26 Å². The molecule has 0 aliphatic carbocycles. The molecule has 0 fully saturated rings. The van der Waals surface area contributed by atoms with Gasteiger partial charge in [0.05, 0.1) is 14.2 Å². The minimum atomic E-state index is -0.481. The zero-order chi connectivity index (χ0) is 18.2. The highest BCUT2D eigenvalue weighted by molar-refractivity contribution is 6.01. The smallest absolute Gasteiger partial charge is 0.262 e. The lowest BCUT2D eigenvalue weighted by atomic mass is 10.1. The molecule has 6 nitrogen and oxygen atoms in total. The Morgan fingerprint density at radius 3 is 2.52 bits per heavy atom. The van der Waals surface area contributed by atoms with E-state index in [4.69, 9.17) is 9.47 Å². The van der Waals surface area contributed by atoms with Crippen molar-refractivity contribution >= 4 is 12.0 Å². The Bertz CT molecular complexity index is 820. The van der Waals surface area contributed by atoms with Gasteiger partial charge in [-0.3, -0.25) is 4.79 Å². The molecule has 0 heterocycles. The molecule has 2 N–H and O–H groups in total. The van der Waals surface area contributed by atoms with E-state index in [1.807, 2.05) is 18.2 Å². The molecule has 0 aliphatic rings. The number of nitrogens with one attached hydrogen (secondary N) is 1. The molecule has 128 valence electrons. The van der Waals surface area contributed by atoms with E-state index in [0.29, 0.717) is 12.1 Å². The molecule has 2 aromatic rings. The van der Waals surface area contributed by atoms with Crippen LogP contribution in [-0.4, -0.2) is 25.2 Å². The van der Waals surface area contributed by atoms with Crippen LogP contribution < -0.4 is 14.8 Å². The maximum absolute atomic E-state index is 12.2. The first kappa shape index (κ1) is 17.9. The Kier molecular flexibility index (Phi) is 6.02. The summed E-state index contributed by atoms with van der Waals surface area (Å²) in [6.07, 6.45) is 1.44. The quantitative estimate of drug-likeness (QED) is 0.624. The lowest BCUT2D eigenvalue weighted by Gasteiger charge is -2.07. The highest BCUT2D eigenvalue weighted by Gasteiger charge is 2.10. The zero-order valence-electron chi connectivity index (χ0n) is 13.9. The molecule has 2 rings (SSSR count). The number of carbonyl (C=O) groups excluding carboxylic acids is 1. The van der Waals surface area contributed by atoms with Crippen LogP contribution in [0.5, 0.6) is 17.2 Å².